The van der Waals surface area contributed by atoms with Gasteiger partial charge in [0.05, 0.1) is 35.4 Å². The number of aromatic nitrogens is 3. The third kappa shape index (κ3) is 9.94. The van der Waals surface area contributed by atoms with E-state index in [0.29, 0.717) is 48.1 Å². The number of carbonyl (C=O) groups is 2. The highest BCUT2D eigenvalue weighted by Gasteiger charge is 2.35. The van der Waals surface area contributed by atoms with E-state index >= 15 is 0 Å². The molecule has 344 valence electrons. The van der Waals surface area contributed by atoms with Gasteiger partial charge in [-0.2, -0.15) is 5.10 Å². The summed E-state index contributed by atoms with van der Waals surface area (Å²) in [7, 11) is 0. The maximum atomic E-state index is 13.4. The van der Waals surface area contributed by atoms with E-state index in [1.807, 2.05) is 41.3 Å². The fourth-order valence-corrected chi connectivity index (χ4v) is 10.9. The van der Waals surface area contributed by atoms with Crippen molar-refractivity contribution in [3.8, 4) is 17.2 Å². The molecule has 2 aliphatic heterocycles. The number of amides is 2. The summed E-state index contributed by atoms with van der Waals surface area (Å²) in [5.74, 6) is 1.59. The fraction of sp³-hybridized carbons (Fsp3) is 0.308. The summed E-state index contributed by atoms with van der Waals surface area (Å²) in [5, 5.41) is 19.2. The third-order valence-corrected chi connectivity index (χ3v) is 14.3. The number of alkyl halides is 3. The Balaban J connectivity index is 0.702. The number of halogens is 3. The monoisotopic (exact) mass is 926 g/mol. The molecule has 0 bridgehead atoms. The van der Waals surface area contributed by atoms with Crippen LogP contribution in [0.25, 0.3) is 16.4 Å². The van der Waals surface area contributed by atoms with Crippen LogP contribution in [0.1, 0.15) is 69.4 Å². The summed E-state index contributed by atoms with van der Waals surface area (Å²) in [6, 6.07) is 39.8. The second-order valence-electron chi connectivity index (χ2n) is 17.6. The molecular formula is C52H49F3N6O5S. The molecule has 1 aliphatic carbocycles. The van der Waals surface area contributed by atoms with Crippen LogP contribution in [0.3, 0.4) is 0 Å². The molecule has 0 saturated carbocycles. The molecule has 2 fully saturated rings. The van der Waals surface area contributed by atoms with Crippen LogP contribution in [0.2, 0.25) is 0 Å². The predicted molar refractivity (Wildman–Crippen MR) is 250 cm³/mol. The first-order chi connectivity index (χ1) is 32.5. The number of fused-ring (bicyclic) bond motifs is 4. The Morgan fingerprint density at radius 1 is 0.836 bits per heavy atom. The number of phenols is 1. The quantitative estimate of drug-likeness (QED) is 0.0861. The van der Waals surface area contributed by atoms with Crippen LogP contribution in [0, 0.1) is 5.92 Å². The topological polar surface area (TPSA) is 122 Å². The van der Waals surface area contributed by atoms with Crippen LogP contribution < -0.4 is 14.8 Å². The van der Waals surface area contributed by atoms with Gasteiger partial charge in [0.25, 0.3) is 5.91 Å². The van der Waals surface area contributed by atoms with Crippen molar-refractivity contribution in [2.24, 2.45) is 5.92 Å². The summed E-state index contributed by atoms with van der Waals surface area (Å²) in [5.41, 5.74) is 6.89. The first kappa shape index (κ1) is 44.3. The van der Waals surface area contributed by atoms with Gasteiger partial charge in [0.15, 0.2) is 5.16 Å². The van der Waals surface area contributed by atoms with E-state index in [2.05, 4.69) is 75.6 Å². The lowest BCUT2D eigenvalue weighted by Crippen LogP contribution is -2.53. The maximum Gasteiger partial charge on any atom is 0.573 e. The molecule has 5 aromatic carbocycles. The molecule has 11 nitrogen and oxygen atoms in total. The first-order valence-electron chi connectivity index (χ1n) is 22.7. The van der Waals surface area contributed by atoms with Gasteiger partial charge in [-0.05, 0) is 95.5 Å². The van der Waals surface area contributed by atoms with Gasteiger partial charge in [0.2, 0.25) is 5.91 Å². The molecule has 2 aromatic heterocycles. The number of rotatable bonds is 13. The summed E-state index contributed by atoms with van der Waals surface area (Å²) in [4.78, 5) is 35.4. The molecule has 4 heterocycles. The van der Waals surface area contributed by atoms with Crippen LogP contribution >= 0.6 is 11.8 Å². The van der Waals surface area contributed by atoms with Gasteiger partial charge in [0, 0.05) is 56.1 Å². The maximum absolute atomic E-state index is 13.4. The summed E-state index contributed by atoms with van der Waals surface area (Å²) in [6.07, 6.45) is -1.45. The van der Waals surface area contributed by atoms with Crippen LogP contribution in [0.4, 0.5) is 13.2 Å². The van der Waals surface area contributed by atoms with Crippen molar-refractivity contribution in [3.05, 3.63) is 161 Å². The molecule has 2 amide bonds. The molecule has 67 heavy (non-hydrogen) atoms. The molecule has 2 atom stereocenters. The molecule has 2 saturated heterocycles. The molecular weight excluding hydrogens is 878 g/mol. The van der Waals surface area contributed by atoms with Gasteiger partial charge in [-0.3, -0.25) is 14.5 Å². The van der Waals surface area contributed by atoms with Crippen molar-refractivity contribution in [3.63, 3.8) is 0 Å². The number of aryl methyl sites for hydroxylation is 1. The van der Waals surface area contributed by atoms with E-state index in [1.165, 1.54) is 40.5 Å². The summed E-state index contributed by atoms with van der Waals surface area (Å²) >= 11 is 1.58. The third-order valence-electron chi connectivity index (χ3n) is 13.1. The number of aromatic hydroxyl groups is 1. The number of hydrogen-bond acceptors (Lipinski definition) is 9. The van der Waals surface area contributed by atoms with Crippen LogP contribution in [0.15, 0.2) is 133 Å². The zero-order valence-corrected chi connectivity index (χ0v) is 37.4. The van der Waals surface area contributed by atoms with Crippen LogP contribution in [0.5, 0.6) is 17.2 Å². The molecule has 0 radical (unpaired) electrons. The molecule has 7 aromatic rings. The van der Waals surface area contributed by atoms with Crippen molar-refractivity contribution in [1.82, 2.24) is 29.7 Å². The number of benzene rings is 5. The highest BCUT2D eigenvalue weighted by molar-refractivity contribution is 7.99. The normalized spacial score (nSPS) is 18.1. The van der Waals surface area contributed by atoms with E-state index in [9.17, 15) is 27.9 Å². The first-order valence-corrected chi connectivity index (χ1v) is 23.7. The number of carbonyl (C=O) groups excluding carboxylic acids is 2. The molecule has 3 aliphatic rings. The van der Waals surface area contributed by atoms with E-state index in [4.69, 9.17) is 14.8 Å². The molecule has 15 heteroatoms. The van der Waals surface area contributed by atoms with E-state index in [0.717, 1.165) is 72.8 Å². The molecule has 2 unspecified atom stereocenters. The number of ether oxygens (including phenoxy) is 2. The van der Waals surface area contributed by atoms with Crippen molar-refractivity contribution in [2.45, 2.75) is 61.7 Å². The number of hydrogen-bond donors (Lipinski definition) is 2. The standard InChI is InChI=1S/C52H49F3N6O5S/c53-52(54,55)66-47-13-7-5-11-44(47)50(64)56-28-37-27-46-43-10-4-6-12-45(43)57-51(61(46)58-37)67-32-33-29-59(30-33)31-48(63)60-24-22-40(23-25-60)65-39-18-14-35(15-19-39)49-41(34-8-2-1-3-9-34)20-16-36-26-38(62)17-21-42(36)49/h1-15,17-19,21,26-27,33,40-41,49,62H,16,20,22-25,28-32H2,(H,56,64). The van der Waals surface area contributed by atoms with Gasteiger partial charge >= 0.3 is 6.36 Å². The highest BCUT2D eigenvalue weighted by atomic mass is 32.2. The van der Waals surface area contributed by atoms with Gasteiger partial charge in [-0.25, -0.2) is 9.50 Å². The van der Waals surface area contributed by atoms with Crippen LogP contribution in [-0.4, -0.2) is 92.3 Å². The lowest BCUT2D eigenvalue weighted by atomic mass is 9.69. The largest absolute Gasteiger partial charge is 0.573 e. The average molecular weight is 927 g/mol. The van der Waals surface area contributed by atoms with Gasteiger partial charge in [-0.15, -0.1) is 13.2 Å². The highest BCUT2D eigenvalue weighted by Crippen LogP contribution is 2.47. The Labute approximate surface area is 389 Å². The van der Waals surface area contributed by atoms with Crippen molar-refractivity contribution < 1.29 is 37.3 Å². The van der Waals surface area contributed by atoms with Gasteiger partial charge in [-0.1, -0.05) is 90.6 Å². The number of nitrogens with one attached hydrogen (secondary N) is 1. The number of likely N-dealkylation sites (tertiary alicyclic amines) is 2. The Morgan fingerprint density at radius 3 is 2.37 bits per heavy atom. The molecule has 2 N–H and O–H groups in total. The van der Waals surface area contributed by atoms with Crippen molar-refractivity contribution in [2.75, 3.05) is 38.5 Å². The molecule has 10 rings (SSSR count). The van der Waals surface area contributed by atoms with Crippen molar-refractivity contribution >= 4 is 40.0 Å². The Hall–Kier alpha value is -6.58. The number of piperidine rings is 1. The fourth-order valence-electron chi connectivity index (χ4n) is 9.86. The second kappa shape index (κ2) is 19.0. The summed E-state index contributed by atoms with van der Waals surface area (Å²) in [6.45, 7) is 3.24. The van der Waals surface area contributed by atoms with E-state index in [-0.39, 0.29) is 30.0 Å². The minimum Gasteiger partial charge on any atom is -0.508 e. The lowest BCUT2D eigenvalue weighted by molar-refractivity contribution is -0.274. The van der Waals surface area contributed by atoms with Crippen LogP contribution in [-0.2, 0) is 17.8 Å². The lowest BCUT2D eigenvalue weighted by Gasteiger charge is -2.40. The zero-order chi connectivity index (χ0) is 46.1. The number of para-hydroxylation sites is 2. The van der Waals surface area contributed by atoms with E-state index in [1.54, 1.807) is 22.3 Å². The smallest absolute Gasteiger partial charge is 0.508 e. The SMILES string of the molecule is O=C(NCc1cc2c3ccccc3nc(SCC3CN(CC(=O)N4CCC(Oc5ccc(C6c7ccc(O)cc7CCC6c6ccccc6)cc5)CC4)C3)n2n1)c1ccccc1OC(F)(F)F. The predicted octanol–water partition coefficient (Wildman–Crippen LogP) is 9.37. The minimum atomic E-state index is -4.94. The molecule has 0 spiro atoms. The number of nitrogens with zero attached hydrogens (tertiary/aromatic N) is 5. The number of thioether (sulfide) groups is 1. The average Bonchev–Trinajstić information content (AvgIpc) is 3.76. The van der Waals surface area contributed by atoms with Gasteiger partial charge in [0.1, 0.15) is 23.4 Å². The second-order valence-corrected chi connectivity index (χ2v) is 18.6. The van der Waals surface area contributed by atoms with Gasteiger partial charge < -0.3 is 24.8 Å². The van der Waals surface area contributed by atoms with E-state index < -0.39 is 18.0 Å². The minimum absolute atomic E-state index is 0.0234. The number of phenolic OH excluding ortho intramolecular Hbond substituents is 1. The summed E-state index contributed by atoms with van der Waals surface area (Å²) < 4.78 is 51.2. The Morgan fingerprint density at radius 2 is 1.58 bits per heavy atom. The van der Waals surface area contributed by atoms with Crippen molar-refractivity contribution in [1.29, 1.82) is 0 Å². The Kier molecular flexibility index (Phi) is 12.5. The zero-order valence-electron chi connectivity index (χ0n) is 36.6. The Bertz CT molecular complexity index is 2900.